The average molecular weight is 328 g/mol. The molecule has 4 rings (SSSR count). The lowest BCUT2D eigenvalue weighted by Gasteiger charge is -2.09. The van der Waals surface area contributed by atoms with Crippen molar-refractivity contribution in [2.24, 2.45) is 0 Å². The largest absolute Gasteiger partial charge is 0.369 e. The molecule has 0 saturated heterocycles. The zero-order chi connectivity index (χ0) is 16.0. The quantitative estimate of drug-likeness (QED) is 0.745. The first-order chi connectivity index (χ1) is 11.1. The Morgan fingerprint density at radius 3 is 2.87 bits per heavy atom. The van der Waals surface area contributed by atoms with Crippen LogP contribution in [0.15, 0.2) is 42.5 Å². The highest BCUT2D eigenvalue weighted by Crippen LogP contribution is 2.35. The van der Waals surface area contributed by atoms with Gasteiger partial charge in [0, 0.05) is 22.7 Å². The first-order valence-electron chi connectivity index (χ1n) is 7.52. The zero-order valence-electron chi connectivity index (χ0n) is 12.6. The Morgan fingerprint density at radius 1 is 1.22 bits per heavy atom. The summed E-state index contributed by atoms with van der Waals surface area (Å²) >= 11 is 6.05. The molecule has 116 valence electrons. The molecule has 0 saturated carbocycles. The van der Waals surface area contributed by atoms with Gasteiger partial charge in [0.1, 0.15) is 11.6 Å². The fourth-order valence-corrected chi connectivity index (χ4v) is 3.30. The number of aryl methyl sites for hydroxylation is 1. The van der Waals surface area contributed by atoms with E-state index in [1.165, 1.54) is 12.1 Å². The molecular formula is C18H15ClFN3. The van der Waals surface area contributed by atoms with Gasteiger partial charge >= 0.3 is 0 Å². The molecule has 0 radical (unpaired) electrons. The van der Waals surface area contributed by atoms with Crippen LogP contribution in [0.25, 0.3) is 16.9 Å². The summed E-state index contributed by atoms with van der Waals surface area (Å²) in [5.74, 6) is 0.731. The van der Waals surface area contributed by atoms with Gasteiger partial charge in [-0.1, -0.05) is 23.7 Å². The highest BCUT2D eigenvalue weighted by molar-refractivity contribution is 6.30. The number of hydrogen-bond donors (Lipinski definition) is 1. The summed E-state index contributed by atoms with van der Waals surface area (Å²) in [5, 5.41) is 8.84. The molecule has 1 aliphatic rings. The first kappa shape index (κ1) is 14.3. The molecule has 0 atom stereocenters. The molecule has 0 spiro atoms. The van der Waals surface area contributed by atoms with Crippen LogP contribution in [0.3, 0.4) is 0 Å². The maximum Gasteiger partial charge on any atom is 0.133 e. The monoisotopic (exact) mass is 327 g/mol. The van der Waals surface area contributed by atoms with E-state index in [1.807, 2.05) is 35.9 Å². The molecule has 5 heteroatoms. The molecule has 3 aromatic rings. The van der Waals surface area contributed by atoms with Crippen LogP contribution >= 0.6 is 11.6 Å². The fourth-order valence-electron chi connectivity index (χ4n) is 3.07. The third kappa shape index (κ3) is 2.39. The number of rotatable bonds is 2. The molecule has 1 aliphatic heterocycles. The van der Waals surface area contributed by atoms with Crippen LogP contribution in [0.5, 0.6) is 0 Å². The minimum Gasteiger partial charge on any atom is -0.369 e. The Labute approximate surface area is 138 Å². The summed E-state index contributed by atoms with van der Waals surface area (Å²) < 4.78 is 15.5. The molecule has 2 heterocycles. The van der Waals surface area contributed by atoms with E-state index in [1.54, 1.807) is 6.07 Å². The highest BCUT2D eigenvalue weighted by atomic mass is 35.5. The maximum atomic E-state index is 13.6. The van der Waals surface area contributed by atoms with Crippen LogP contribution in [-0.4, -0.2) is 16.3 Å². The molecule has 0 bridgehead atoms. The standard InChI is InChI=1S/C18H15ClFN3/c1-11-9-13(19)5-6-16(11)23-18-15(7-8-21-18)17(22-23)12-3-2-4-14(20)10-12/h2-6,9-10,21H,7-8H2,1H3. The highest BCUT2D eigenvalue weighted by Gasteiger charge is 2.24. The Kier molecular flexibility index (Phi) is 3.34. The Morgan fingerprint density at radius 2 is 2.09 bits per heavy atom. The third-order valence-corrected chi connectivity index (χ3v) is 4.37. The summed E-state index contributed by atoms with van der Waals surface area (Å²) in [6, 6.07) is 12.3. The van der Waals surface area contributed by atoms with Gasteiger partial charge < -0.3 is 5.32 Å². The van der Waals surface area contributed by atoms with Crippen molar-refractivity contribution in [1.29, 1.82) is 0 Å². The molecule has 0 fully saturated rings. The molecule has 0 aliphatic carbocycles. The predicted octanol–water partition coefficient (Wildman–Crippen LogP) is 4.61. The number of halogens is 2. The molecule has 1 aromatic heterocycles. The van der Waals surface area contributed by atoms with Gasteiger partial charge in [-0.2, -0.15) is 5.10 Å². The van der Waals surface area contributed by atoms with Gasteiger partial charge in [0.2, 0.25) is 0 Å². The lowest BCUT2D eigenvalue weighted by atomic mass is 10.1. The summed E-state index contributed by atoms with van der Waals surface area (Å²) in [5.41, 5.74) is 4.78. The number of aromatic nitrogens is 2. The van der Waals surface area contributed by atoms with Gasteiger partial charge in [0.15, 0.2) is 0 Å². The van der Waals surface area contributed by atoms with Crippen molar-refractivity contribution in [2.75, 3.05) is 11.9 Å². The van der Waals surface area contributed by atoms with E-state index in [0.717, 1.165) is 46.9 Å². The topological polar surface area (TPSA) is 29.9 Å². The first-order valence-corrected chi connectivity index (χ1v) is 7.89. The summed E-state index contributed by atoms with van der Waals surface area (Å²) in [6.45, 7) is 2.87. The van der Waals surface area contributed by atoms with E-state index in [9.17, 15) is 4.39 Å². The maximum absolute atomic E-state index is 13.6. The van der Waals surface area contributed by atoms with Crippen molar-refractivity contribution >= 4 is 17.4 Å². The lowest BCUT2D eigenvalue weighted by Crippen LogP contribution is -2.05. The second-order valence-corrected chi connectivity index (χ2v) is 6.14. The molecule has 1 N–H and O–H groups in total. The van der Waals surface area contributed by atoms with E-state index in [0.29, 0.717) is 5.02 Å². The smallest absolute Gasteiger partial charge is 0.133 e. The van der Waals surface area contributed by atoms with E-state index < -0.39 is 0 Å². The molecule has 3 nitrogen and oxygen atoms in total. The number of hydrogen-bond acceptors (Lipinski definition) is 2. The van der Waals surface area contributed by atoms with E-state index in [4.69, 9.17) is 16.7 Å². The minimum absolute atomic E-state index is 0.251. The number of anilines is 1. The number of nitrogens with zero attached hydrogens (tertiary/aromatic N) is 2. The Hall–Kier alpha value is -2.33. The van der Waals surface area contributed by atoms with Crippen LogP contribution in [0.4, 0.5) is 10.2 Å². The predicted molar refractivity (Wildman–Crippen MR) is 90.9 cm³/mol. The number of nitrogens with one attached hydrogen (secondary N) is 1. The Bertz CT molecular complexity index is 901. The number of benzene rings is 2. The zero-order valence-corrected chi connectivity index (χ0v) is 13.4. The summed E-state index contributed by atoms with van der Waals surface area (Å²) in [4.78, 5) is 0. The fraction of sp³-hybridized carbons (Fsp3) is 0.167. The van der Waals surface area contributed by atoms with Crippen molar-refractivity contribution in [3.63, 3.8) is 0 Å². The van der Waals surface area contributed by atoms with Gasteiger partial charge in [-0.3, -0.25) is 0 Å². The third-order valence-electron chi connectivity index (χ3n) is 4.14. The van der Waals surface area contributed by atoms with Gasteiger partial charge in [-0.15, -0.1) is 0 Å². The lowest BCUT2D eigenvalue weighted by molar-refractivity contribution is 0.628. The van der Waals surface area contributed by atoms with Crippen molar-refractivity contribution in [3.8, 4) is 16.9 Å². The van der Waals surface area contributed by atoms with Crippen molar-refractivity contribution in [2.45, 2.75) is 13.3 Å². The summed E-state index contributed by atoms with van der Waals surface area (Å²) in [6.07, 6.45) is 0.883. The van der Waals surface area contributed by atoms with Crippen molar-refractivity contribution in [3.05, 3.63) is 64.4 Å². The van der Waals surface area contributed by atoms with Crippen LogP contribution in [-0.2, 0) is 6.42 Å². The Balaban J connectivity index is 1.91. The molecule has 2 aromatic carbocycles. The van der Waals surface area contributed by atoms with Gasteiger partial charge in [0.05, 0.1) is 11.4 Å². The second kappa shape index (κ2) is 5.39. The number of fused-ring (bicyclic) bond motifs is 1. The summed E-state index contributed by atoms with van der Waals surface area (Å²) in [7, 11) is 0. The molecule has 23 heavy (non-hydrogen) atoms. The van der Waals surface area contributed by atoms with Gasteiger partial charge in [0.25, 0.3) is 0 Å². The van der Waals surface area contributed by atoms with Crippen LogP contribution in [0.1, 0.15) is 11.1 Å². The molecule has 0 unspecified atom stereocenters. The molecule has 0 amide bonds. The van der Waals surface area contributed by atoms with Crippen LogP contribution in [0.2, 0.25) is 5.02 Å². The molecular weight excluding hydrogens is 313 g/mol. The van der Waals surface area contributed by atoms with E-state index >= 15 is 0 Å². The van der Waals surface area contributed by atoms with Crippen LogP contribution in [0, 0.1) is 12.7 Å². The van der Waals surface area contributed by atoms with Crippen LogP contribution < -0.4 is 5.32 Å². The normalized spacial score (nSPS) is 13.0. The SMILES string of the molecule is Cc1cc(Cl)ccc1-n1nc(-c2cccc(F)c2)c2c1NCC2. The second-order valence-electron chi connectivity index (χ2n) is 5.71. The minimum atomic E-state index is -0.251. The van der Waals surface area contributed by atoms with E-state index in [-0.39, 0.29) is 5.82 Å². The van der Waals surface area contributed by atoms with Gasteiger partial charge in [-0.05, 0) is 49.2 Å². The van der Waals surface area contributed by atoms with E-state index in [2.05, 4.69) is 5.32 Å². The van der Waals surface area contributed by atoms with Crippen molar-refractivity contribution < 1.29 is 4.39 Å². The van der Waals surface area contributed by atoms with Gasteiger partial charge in [-0.25, -0.2) is 9.07 Å². The van der Waals surface area contributed by atoms with Crippen molar-refractivity contribution in [1.82, 2.24) is 9.78 Å². The average Bonchev–Trinajstić information content (AvgIpc) is 3.10.